The fourth-order valence-corrected chi connectivity index (χ4v) is 5.46. The second-order valence-electron chi connectivity index (χ2n) is 9.39. The molecule has 1 N–H and O–H groups in total. The molecule has 36 heavy (non-hydrogen) atoms. The van der Waals surface area contributed by atoms with Crippen molar-refractivity contribution in [3.05, 3.63) is 132 Å². The van der Waals surface area contributed by atoms with Gasteiger partial charge < -0.3 is 4.74 Å². The second kappa shape index (κ2) is 9.57. The number of methoxy groups -OCH3 is 1. The minimum Gasteiger partial charge on any atom is -0.468 e. The van der Waals surface area contributed by atoms with Gasteiger partial charge in [-0.05, 0) is 50.4 Å². The van der Waals surface area contributed by atoms with Crippen LogP contribution in [0.5, 0.6) is 0 Å². The van der Waals surface area contributed by atoms with Gasteiger partial charge >= 0.3 is 5.97 Å². The lowest BCUT2D eigenvalue weighted by atomic mass is 9.96. The Hall–Kier alpha value is -3.99. The number of esters is 1. The number of ether oxygens (including phenoxy) is 1. The van der Waals surface area contributed by atoms with E-state index in [4.69, 9.17) is 4.74 Å². The number of nitrogens with one attached hydrogen (secondary N) is 1. The molecule has 0 saturated carbocycles. The largest absolute Gasteiger partial charge is 0.468 e. The quantitative estimate of drug-likeness (QED) is 0.301. The van der Waals surface area contributed by atoms with E-state index in [1.54, 1.807) is 0 Å². The van der Waals surface area contributed by atoms with Gasteiger partial charge in [0.05, 0.1) is 19.3 Å². The summed E-state index contributed by atoms with van der Waals surface area (Å²) in [4.78, 5) is 15.5. The van der Waals surface area contributed by atoms with Crippen LogP contribution in [0.3, 0.4) is 0 Å². The van der Waals surface area contributed by atoms with Crippen LogP contribution in [0.25, 0.3) is 21.5 Å². The highest BCUT2D eigenvalue weighted by atomic mass is 16.5. The number of rotatable bonds is 5. The number of carbonyl (C=O) groups excluding carboxylic acids is 1. The molecule has 5 aromatic rings. The van der Waals surface area contributed by atoms with Gasteiger partial charge in [-0.25, -0.2) is 0 Å². The molecule has 5 aromatic carbocycles. The molecule has 1 aliphatic heterocycles. The summed E-state index contributed by atoms with van der Waals surface area (Å²) < 4.78 is 5.30. The van der Waals surface area contributed by atoms with Gasteiger partial charge in [0, 0.05) is 6.54 Å². The van der Waals surface area contributed by atoms with Crippen molar-refractivity contribution in [3.8, 4) is 0 Å². The molecule has 1 heterocycles. The van der Waals surface area contributed by atoms with Crippen LogP contribution in [-0.4, -0.2) is 24.0 Å². The summed E-state index contributed by atoms with van der Waals surface area (Å²) in [5, 5.41) is 8.36. The first-order chi connectivity index (χ1) is 17.7. The average Bonchev–Trinajstić information content (AvgIpc) is 3.31. The van der Waals surface area contributed by atoms with E-state index in [1.807, 2.05) is 12.1 Å². The highest BCUT2D eigenvalue weighted by Gasteiger charge is 2.46. The van der Waals surface area contributed by atoms with Gasteiger partial charge in [-0.1, -0.05) is 103 Å². The van der Waals surface area contributed by atoms with Crippen LogP contribution in [0.15, 0.2) is 115 Å². The van der Waals surface area contributed by atoms with Crippen molar-refractivity contribution < 1.29 is 9.53 Å². The Kier molecular flexibility index (Phi) is 5.98. The third-order valence-electron chi connectivity index (χ3n) is 7.21. The number of fused-ring (bicyclic) bond motifs is 2. The van der Waals surface area contributed by atoms with E-state index in [0.29, 0.717) is 6.54 Å². The molecule has 1 aliphatic rings. The Balaban J connectivity index is 1.49. The van der Waals surface area contributed by atoms with Crippen molar-refractivity contribution in [1.29, 1.82) is 0 Å². The first-order valence-corrected chi connectivity index (χ1v) is 12.3. The number of benzene rings is 5. The van der Waals surface area contributed by atoms with Crippen LogP contribution < -0.4 is 5.32 Å². The Morgan fingerprint density at radius 3 is 1.92 bits per heavy atom. The van der Waals surface area contributed by atoms with Gasteiger partial charge in [-0.3, -0.25) is 15.0 Å². The molecule has 6 rings (SSSR count). The van der Waals surface area contributed by atoms with Gasteiger partial charge in [-0.15, -0.1) is 0 Å². The zero-order valence-electron chi connectivity index (χ0n) is 20.2. The highest BCUT2D eigenvalue weighted by molar-refractivity contribution is 5.85. The lowest BCUT2D eigenvalue weighted by Gasteiger charge is -2.31. The summed E-state index contributed by atoms with van der Waals surface area (Å²) >= 11 is 0. The fourth-order valence-electron chi connectivity index (χ4n) is 5.46. The first-order valence-electron chi connectivity index (χ1n) is 12.3. The summed E-state index contributed by atoms with van der Waals surface area (Å²) in [6.45, 7) is 0.691. The smallest absolute Gasteiger partial charge is 0.324 e. The van der Waals surface area contributed by atoms with Crippen molar-refractivity contribution in [1.82, 2.24) is 10.2 Å². The van der Waals surface area contributed by atoms with Crippen molar-refractivity contribution in [3.63, 3.8) is 0 Å². The van der Waals surface area contributed by atoms with E-state index in [-0.39, 0.29) is 18.2 Å². The van der Waals surface area contributed by atoms with Gasteiger partial charge in [0.25, 0.3) is 0 Å². The number of carbonyl (C=O) groups is 1. The summed E-state index contributed by atoms with van der Waals surface area (Å²) in [7, 11) is 1.46. The lowest BCUT2D eigenvalue weighted by Crippen LogP contribution is -2.37. The SMILES string of the molecule is COC(=O)[C@H]1N[C@@H](c2ccc3ccccc3c2)N(Cc2ccccc2)[C@@H]1c1ccc2ccccc2c1. The van der Waals surface area contributed by atoms with E-state index in [0.717, 1.165) is 16.5 Å². The summed E-state index contributed by atoms with van der Waals surface area (Å²) in [5.74, 6) is -0.255. The van der Waals surface area contributed by atoms with Crippen LogP contribution in [0.2, 0.25) is 0 Å². The molecular weight excluding hydrogens is 444 g/mol. The van der Waals surface area contributed by atoms with Crippen LogP contribution in [-0.2, 0) is 16.1 Å². The maximum atomic E-state index is 13.1. The monoisotopic (exact) mass is 472 g/mol. The lowest BCUT2D eigenvalue weighted by molar-refractivity contribution is -0.143. The number of nitrogens with zero attached hydrogens (tertiary/aromatic N) is 1. The summed E-state index contributed by atoms with van der Waals surface area (Å²) in [6.07, 6.45) is -0.157. The molecule has 3 atom stereocenters. The second-order valence-corrected chi connectivity index (χ2v) is 9.39. The molecule has 1 fully saturated rings. The molecule has 0 aliphatic carbocycles. The van der Waals surface area contributed by atoms with Gasteiger partial charge in [-0.2, -0.15) is 0 Å². The highest BCUT2D eigenvalue weighted by Crippen LogP contribution is 2.41. The Labute approximate surface area is 211 Å². The molecule has 1 saturated heterocycles. The average molecular weight is 473 g/mol. The molecule has 0 bridgehead atoms. The zero-order chi connectivity index (χ0) is 24.5. The van der Waals surface area contributed by atoms with Crippen LogP contribution in [0.1, 0.15) is 28.9 Å². The third kappa shape index (κ3) is 4.15. The van der Waals surface area contributed by atoms with Crippen molar-refractivity contribution in [2.75, 3.05) is 7.11 Å². The van der Waals surface area contributed by atoms with Gasteiger partial charge in [0.1, 0.15) is 6.04 Å². The summed E-state index contributed by atoms with van der Waals surface area (Å²) in [5.41, 5.74) is 3.42. The van der Waals surface area contributed by atoms with Gasteiger partial charge in [0.15, 0.2) is 0 Å². The normalized spacial score (nSPS) is 20.1. The minimum atomic E-state index is -0.503. The van der Waals surface area contributed by atoms with Crippen LogP contribution >= 0.6 is 0 Å². The molecule has 0 aromatic heterocycles. The third-order valence-corrected chi connectivity index (χ3v) is 7.21. The van der Waals surface area contributed by atoms with E-state index in [2.05, 4.69) is 113 Å². The maximum Gasteiger partial charge on any atom is 0.324 e. The Morgan fingerprint density at radius 2 is 1.28 bits per heavy atom. The number of hydrogen-bond donors (Lipinski definition) is 1. The van der Waals surface area contributed by atoms with Crippen molar-refractivity contribution in [2.45, 2.75) is 24.8 Å². The van der Waals surface area contributed by atoms with Crippen LogP contribution in [0, 0.1) is 0 Å². The van der Waals surface area contributed by atoms with Crippen molar-refractivity contribution >= 4 is 27.5 Å². The van der Waals surface area contributed by atoms with E-state index < -0.39 is 6.04 Å². The Morgan fingerprint density at radius 1 is 0.722 bits per heavy atom. The topological polar surface area (TPSA) is 41.6 Å². The molecule has 178 valence electrons. The Bertz CT molecular complexity index is 1530. The van der Waals surface area contributed by atoms with Crippen molar-refractivity contribution in [2.24, 2.45) is 0 Å². The molecule has 0 radical (unpaired) electrons. The predicted octanol–water partition coefficient (Wildman–Crippen LogP) is 6.38. The van der Waals surface area contributed by atoms with E-state index >= 15 is 0 Å². The number of hydrogen-bond acceptors (Lipinski definition) is 4. The maximum absolute atomic E-state index is 13.1. The van der Waals surface area contributed by atoms with Gasteiger partial charge in [0.2, 0.25) is 0 Å². The van der Waals surface area contributed by atoms with E-state index in [9.17, 15) is 4.79 Å². The molecule has 0 unspecified atom stereocenters. The van der Waals surface area contributed by atoms with Crippen LogP contribution in [0.4, 0.5) is 0 Å². The minimum absolute atomic E-state index is 0.157. The first kappa shape index (κ1) is 22.5. The predicted molar refractivity (Wildman–Crippen MR) is 144 cm³/mol. The van der Waals surface area contributed by atoms with E-state index in [1.165, 1.54) is 28.8 Å². The molecular formula is C32H28N2O2. The molecule has 4 heteroatoms. The zero-order valence-corrected chi connectivity index (χ0v) is 20.2. The molecule has 0 amide bonds. The summed E-state index contributed by atoms with van der Waals surface area (Å²) in [6, 6.07) is 39.5. The molecule has 4 nitrogen and oxygen atoms in total. The fraction of sp³-hybridized carbons (Fsp3) is 0.156. The molecule has 0 spiro atoms. The standard InChI is InChI=1S/C32H28N2O2/c1-36-32(35)29-30(27-17-15-23-11-5-7-13-25(23)19-27)34(21-22-9-3-2-4-10-22)31(33-29)28-18-16-24-12-6-8-14-26(24)20-28/h2-20,29-31,33H,21H2,1H3/t29-,30+,31+/m0/s1.